The van der Waals surface area contributed by atoms with Crippen LogP contribution in [-0.4, -0.2) is 59.3 Å². The average Bonchev–Trinajstić information content (AvgIpc) is 3.08. The lowest BCUT2D eigenvalue weighted by atomic mass is 10.2. The van der Waals surface area contributed by atoms with Crippen LogP contribution in [0.3, 0.4) is 0 Å². The van der Waals surface area contributed by atoms with Crippen LogP contribution in [0.5, 0.6) is 0 Å². The van der Waals surface area contributed by atoms with Crippen molar-refractivity contribution in [1.82, 2.24) is 20.2 Å². The first-order valence-electron chi connectivity index (χ1n) is 9.24. The lowest BCUT2D eigenvalue weighted by Gasteiger charge is -2.14. The summed E-state index contributed by atoms with van der Waals surface area (Å²) in [5.41, 5.74) is 1.13. The van der Waals surface area contributed by atoms with Crippen molar-refractivity contribution in [1.29, 1.82) is 0 Å². The minimum absolute atomic E-state index is 0.0763. The molecular formula is C19H22ClFN6O2S. The van der Waals surface area contributed by atoms with E-state index in [0.717, 1.165) is 0 Å². The number of nitrogens with one attached hydrogen (secondary N) is 3. The number of pyridine rings is 1. The Morgan fingerprint density at radius 3 is 2.87 bits per heavy atom. The zero-order valence-electron chi connectivity index (χ0n) is 16.3. The molecule has 3 rings (SSSR count). The number of benzene rings is 1. The number of amides is 2. The fourth-order valence-electron chi connectivity index (χ4n) is 2.60. The maximum Gasteiger partial charge on any atom is 0.321 e. The summed E-state index contributed by atoms with van der Waals surface area (Å²) in [7, 11) is 1.86. The van der Waals surface area contributed by atoms with Crippen LogP contribution >= 0.6 is 22.9 Å². The molecule has 1 aromatic carbocycles. The summed E-state index contributed by atoms with van der Waals surface area (Å²) < 4.78 is 13.9. The molecule has 4 N–H and O–H groups in total. The highest BCUT2D eigenvalue weighted by Crippen LogP contribution is 2.26. The Morgan fingerprint density at radius 2 is 2.10 bits per heavy atom. The molecule has 160 valence electrons. The van der Waals surface area contributed by atoms with Gasteiger partial charge in [-0.2, -0.15) is 0 Å². The van der Waals surface area contributed by atoms with E-state index in [1.807, 2.05) is 11.9 Å². The van der Waals surface area contributed by atoms with Crippen molar-refractivity contribution in [3.63, 3.8) is 0 Å². The van der Waals surface area contributed by atoms with Gasteiger partial charge in [0, 0.05) is 36.8 Å². The molecule has 0 bridgehead atoms. The molecular weight excluding hydrogens is 431 g/mol. The molecule has 0 fully saturated rings. The number of anilines is 2. The number of fused-ring (bicyclic) bond motifs is 1. The molecule has 2 aromatic heterocycles. The van der Waals surface area contributed by atoms with Gasteiger partial charge < -0.3 is 20.6 Å². The number of rotatable bonds is 9. The molecule has 0 aliphatic heterocycles. The first-order chi connectivity index (χ1) is 14.4. The summed E-state index contributed by atoms with van der Waals surface area (Å²) >= 11 is 7.01. The highest BCUT2D eigenvalue weighted by atomic mass is 35.5. The first kappa shape index (κ1) is 22.2. The predicted molar refractivity (Wildman–Crippen MR) is 118 cm³/mol. The lowest BCUT2D eigenvalue weighted by molar-refractivity contribution is 0.220. The Hall–Kier alpha value is -2.53. The van der Waals surface area contributed by atoms with Gasteiger partial charge in [-0.1, -0.05) is 29.0 Å². The average molecular weight is 453 g/mol. The van der Waals surface area contributed by atoms with E-state index in [9.17, 15) is 9.18 Å². The second-order valence-electron chi connectivity index (χ2n) is 6.54. The number of nitrogens with zero attached hydrogens (tertiary/aromatic N) is 3. The highest BCUT2D eigenvalue weighted by molar-refractivity contribution is 7.21. The molecule has 0 unspecified atom stereocenters. The van der Waals surface area contributed by atoms with E-state index in [-0.39, 0.29) is 25.0 Å². The fourth-order valence-corrected chi connectivity index (χ4v) is 3.60. The van der Waals surface area contributed by atoms with Gasteiger partial charge in [-0.05, 0) is 31.3 Å². The van der Waals surface area contributed by atoms with Gasteiger partial charge in [0.25, 0.3) is 0 Å². The molecule has 2 amide bonds. The van der Waals surface area contributed by atoms with Gasteiger partial charge in [-0.3, -0.25) is 5.32 Å². The molecule has 2 heterocycles. The van der Waals surface area contributed by atoms with Crippen LogP contribution in [0.2, 0.25) is 5.02 Å². The minimum atomic E-state index is -0.381. The number of likely N-dealkylation sites (N-methyl/N-ethyl adjacent to an activating group) is 1. The molecule has 0 radical (unpaired) electrons. The standard InChI is InChI=1S/C19H22ClFN6O2S/c1-27(8-9-28)7-6-22-18(29)26-19-24-15-4-5-16(25-17(15)30-19)23-11-12-2-3-13(20)10-14(12)21/h2-5,10,28H,6-9,11H2,1H3,(H,23,25)(H2,22,24,26,29). The van der Waals surface area contributed by atoms with Gasteiger partial charge in [0.2, 0.25) is 0 Å². The van der Waals surface area contributed by atoms with Crippen LogP contribution in [-0.2, 0) is 6.54 Å². The molecule has 11 heteroatoms. The quantitative estimate of drug-likeness (QED) is 0.398. The number of carbonyl (C=O) groups excluding carboxylic acids is 1. The Labute approximate surface area is 182 Å². The third-order valence-electron chi connectivity index (χ3n) is 4.21. The van der Waals surface area contributed by atoms with Crippen molar-refractivity contribution < 1.29 is 14.3 Å². The number of halogens is 2. The van der Waals surface area contributed by atoms with Gasteiger partial charge in [-0.15, -0.1) is 0 Å². The zero-order valence-corrected chi connectivity index (χ0v) is 17.9. The first-order valence-corrected chi connectivity index (χ1v) is 10.4. The van der Waals surface area contributed by atoms with Crippen molar-refractivity contribution in [3.05, 3.63) is 46.7 Å². The van der Waals surface area contributed by atoms with E-state index in [1.165, 1.54) is 17.4 Å². The van der Waals surface area contributed by atoms with E-state index in [4.69, 9.17) is 16.7 Å². The number of hydrogen-bond donors (Lipinski definition) is 4. The van der Waals surface area contributed by atoms with Gasteiger partial charge in [0.15, 0.2) is 5.13 Å². The molecule has 30 heavy (non-hydrogen) atoms. The van der Waals surface area contributed by atoms with Crippen LogP contribution in [0.15, 0.2) is 30.3 Å². The van der Waals surface area contributed by atoms with Crippen molar-refractivity contribution >= 4 is 50.3 Å². The topological polar surface area (TPSA) is 102 Å². The van der Waals surface area contributed by atoms with E-state index >= 15 is 0 Å². The number of thiazole rings is 1. The summed E-state index contributed by atoms with van der Waals surface area (Å²) in [5.74, 6) is 0.192. The summed E-state index contributed by atoms with van der Waals surface area (Å²) in [6.07, 6.45) is 0. The normalized spacial score (nSPS) is 11.1. The van der Waals surface area contributed by atoms with E-state index in [0.29, 0.717) is 51.5 Å². The zero-order chi connectivity index (χ0) is 21.5. The maximum absolute atomic E-state index is 13.9. The second kappa shape index (κ2) is 10.5. The highest BCUT2D eigenvalue weighted by Gasteiger charge is 2.10. The molecule has 8 nitrogen and oxygen atoms in total. The SMILES string of the molecule is CN(CCO)CCNC(=O)Nc1nc2ccc(NCc3ccc(Cl)cc3F)nc2s1. The van der Waals surface area contributed by atoms with Crippen molar-refractivity contribution in [3.8, 4) is 0 Å². The Kier molecular flexibility index (Phi) is 7.75. The summed E-state index contributed by atoms with van der Waals surface area (Å²) in [4.78, 5) is 23.4. The van der Waals surface area contributed by atoms with Crippen molar-refractivity contribution in [2.45, 2.75) is 6.54 Å². The largest absolute Gasteiger partial charge is 0.395 e. The van der Waals surface area contributed by atoms with Gasteiger partial charge in [0.05, 0.1) is 6.61 Å². The van der Waals surface area contributed by atoms with Crippen LogP contribution in [0.25, 0.3) is 10.3 Å². The van der Waals surface area contributed by atoms with Crippen LogP contribution < -0.4 is 16.0 Å². The van der Waals surface area contributed by atoms with Crippen LogP contribution in [0, 0.1) is 5.82 Å². The van der Waals surface area contributed by atoms with Gasteiger partial charge in [0.1, 0.15) is 22.0 Å². The summed E-state index contributed by atoms with van der Waals surface area (Å²) in [6.45, 7) is 1.96. The minimum Gasteiger partial charge on any atom is -0.395 e. The van der Waals surface area contributed by atoms with Crippen LogP contribution in [0.4, 0.5) is 20.1 Å². The Balaban J connectivity index is 1.55. The van der Waals surface area contributed by atoms with E-state index in [1.54, 1.807) is 24.3 Å². The number of aliphatic hydroxyl groups is 1. The molecule has 0 spiro atoms. The summed E-state index contributed by atoms with van der Waals surface area (Å²) in [5, 5.41) is 18.1. The third-order valence-corrected chi connectivity index (χ3v) is 5.33. The van der Waals surface area contributed by atoms with Gasteiger partial charge in [-0.25, -0.2) is 19.2 Å². The van der Waals surface area contributed by atoms with E-state index in [2.05, 4.69) is 25.9 Å². The molecule has 0 aliphatic rings. The Bertz CT molecular complexity index is 1020. The monoisotopic (exact) mass is 452 g/mol. The molecule has 0 atom stereocenters. The number of urea groups is 1. The number of carbonyl (C=O) groups is 1. The summed E-state index contributed by atoms with van der Waals surface area (Å²) in [6, 6.07) is 7.70. The number of hydrogen-bond acceptors (Lipinski definition) is 7. The number of aliphatic hydroxyl groups excluding tert-OH is 1. The van der Waals surface area contributed by atoms with Gasteiger partial charge >= 0.3 is 6.03 Å². The third kappa shape index (κ3) is 6.23. The molecule has 3 aromatic rings. The number of aromatic nitrogens is 2. The molecule has 0 aliphatic carbocycles. The fraction of sp³-hybridized carbons (Fsp3) is 0.316. The van der Waals surface area contributed by atoms with Crippen molar-refractivity contribution in [2.75, 3.05) is 43.9 Å². The second-order valence-corrected chi connectivity index (χ2v) is 7.95. The van der Waals surface area contributed by atoms with E-state index < -0.39 is 0 Å². The van der Waals surface area contributed by atoms with Crippen molar-refractivity contribution in [2.24, 2.45) is 0 Å². The molecule has 0 saturated carbocycles. The Morgan fingerprint density at radius 1 is 1.27 bits per heavy atom. The maximum atomic E-state index is 13.9. The predicted octanol–water partition coefficient (Wildman–Crippen LogP) is 3.14. The lowest BCUT2D eigenvalue weighted by Crippen LogP contribution is -2.36. The molecule has 0 saturated heterocycles. The van der Waals surface area contributed by atoms with Crippen LogP contribution in [0.1, 0.15) is 5.56 Å². The smallest absolute Gasteiger partial charge is 0.321 e.